The molecule has 1 amide bonds. The van der Waals surface area contributed by atoms with Gasteiger partial charge in [-0.1, -0.05) is 11.2 Å². The van der Waals surface area contributed by atoms with Gasteiger partial charge in [0.25, 0.3) is 0 Å². The monoisotopic (exact) mass is 248 g/mol. The van der Waals surface area contributed by atoms with Gasteiger partial charge in [-0.05, 0) is 30.0 Å². The molecule has 1 aromatic rings. The molecule has 7 heteroatoms. The first-order valence-electron chi connectivity index (χ1n) is 5.70. The molecule has 0 aliphatic carbocycles. The van der Waals surface area contributed by atoms with Crippen molar-refractivity contribution < 1.29 is 4.79 Å². The number of azide groups is 1. The van der Waals surface area contributed by atoms with Gasteiger partial charge in [0.05, 0.1) is 0 Å². The summed E-state index contributed by atoms with van der Waals surface area (Å²) in [6.07, 6.45) is 3.51. The maximum Gasteiger partial charge on any atom is 0.220 e. The van der Waals surface area contributed by atoms with Crippen LogP contribution in [0.1, 0.15) is 24.8 Å². The summed E-state index contributed by atoms with van der Waals surface area (Å²) in [5.41, 5.74) is 14.4. The highest BCUT2D eigenvalue weighted by Gasteiger charge is 2.01. The predicted octanol–water partition coefficient (Wildman–Crippen LogP) is 1.76. The van der Waals surface area contributed by atoms with E-state index in [9.17, 15) is 4.79 Å². The van der Waals surface area contributed by atoms with Gasteiger partial charge in [0.1, 0.15) is 5.82 Å². The molecule has 96 valence electrons. The minimum absolute atomic E-state index is 0.0206. The second-order valence-corrected chi connectivity index (χ2v) is 3.78. The average Bonchev–Trinajstić information content (AvgIpc) is 2.38. The van der Waals surface area contributed by atoms with Crippen LogP contribution in [0.15, 0.2) is 23.4 Å². The van der Waals surface area contributed by atoms with Crippen molar-refractivity contribution in [3.63, 3.8) is 0 Å². The Balaban J connectivity index is 2.16. The first-order chi connectivity index (χ1) is 8.72. The number of pyridine rings is 1. The van der Waals surface area contributed by atoms with Gasteiger partial charge in [0.2, 0.25) is 5.91 Å². The SMILES string of the molecule is [N-]=[N+]=NCCCCC(=O)NCc1ccc(N)nc1. The molecule has 0 aromatic carbocycles. The van der Waals surface area contributed by atoms with E-state index in [4.69, 9.17) is 11.3 Å². The number of hydrogen-bond donors (Lipinski definition) is 2. The molecule has 0 unspecified atom stereocenters. The standard InChI is InChI=1S/C11H16N6O/c12-10-5-4-9(7-14-10)8-15-11(18)3-1-2-6-16-17-13/h4-5,7H,1-3,6,8H2,(H2,12,14)(H,15,18). The minimum atomic E-state index is -0.0206. The lowest BCUT2D eigenvalue weighted by molar-refractivity contribution is -0.121. The third kappa shape index (κ3) is 5.72. The first-order valence-corrected chi connectivity index (χ1v) is 5.70. The van der Waals surface area contributed by atoms with Crippen molar-refractivity contribution in [1.29, 1.82) is 0 Å². The van der Waals surface area contributed by atoms with Crippen LogP contribution >= 0.6 is 0 Å². The number of nitrogen functional groups attached to an aromatic ring is 1. The molecular weight excluding hydrogens is 232 g/mol. The molecule has 1 heterocycles. The van der Waals surface area contributed by atoms with Crippen LogP contribution < -0.4 is 11.1 Å². The molecule has 1 aromatic heterocycles. The summed E-state index contributed by atoms with van der Waals surface area (Å²) >= 11 is 0. The van der Waals surface area contributed by atoms with Crippen LogP contribution in [0, 0.1) is 0 Å². The summed E-state index contributed by atoms with van der Waals surface area (Å²) in [4.78, 5) is 18.0. The van der Waals surface area contributed by atoms with Crippen molar-refractivity contribution in [3.8, 4) is 0 Å². The number of anilines is 1. The Labute approximate surface area is 105 Å². The van der Waals surface area contributed by atoms with E-state index in [1.54, 1.807) is 12.3 Å². The number of nitrogens with one attached hydrogen (secondary N) is 1. The highest BCUT2D eigenvalue weighted by atomic mass is 16.1. The molecule has 0 bridgehead atoms. The van der Waals surface area contributed by atoms with Crippen LogP contribution in [0.2, 0.25) is 0 Å². The van der Waals surface area contributed by atoms with Gasteiger partial charge in [-0.15, -0.1) is 0 Å². The average molecular weight is 248 g/mol. The lowest BCUT2D eigenvalue weighted by Gasteiger charge is -2.04. The Kier molecular flexibility index (Phi) is 6.07. The van der Waals surface area contributed by atoms with Crippen molar-refractivity contribution in [2.45, 2.75) is 25.8 Å². The Hall–Kier alpha value is -2.27. The minimum Gasteiger partial charge on any atom is -0.384 e. The zero-order valence-corrected chi connectivity index (χ0v) is 10.0. The summed E-state index contributed by atoms with van der Waals surface area (Å²) in [6.45, 7) is 0.883. The van der Waals surface area contributed by atoms with Gasteiger partial charge in [-0.3, -0.25) is 4.79 Å². The van der Waals surface area contributed by atoms with Crippen LogP contribution in [-0.2, 0) is 11.3 Å². The zero-order valence-electron chi connectivity index (χ0n) is 10.0. The predicted molar refractivity (Wildman–Crippen MR) is 68.4 cm³/mol. The topological polar surface area (TPSA) is 117 Å². The molecule has 3 N–H and O–H groups in total. The van der Waals surface area contributed by atoms with Crippen LogP contribution in [0.3, 0.4) is 0 Å². The van der Waals surface area contributed by atoms with Gasteiger partial charge < -0.3 is 11.1 Å². The van der Waals surface area contributed by atoms with E-state index in [2.05, 4.69) is 20.3 Å². The highest BCUT2D eigenvalue weighted by Crippen LogP contribution is 2.01. The summed E-state index contributed by atoms with van der Waals surface area (Å²) in [5, 5.41) is 6.19. The summed E-state index contributed by atoms with van der Waals surface area (Å²) in [7, 11) is 0. The van der Waals surface area contributed by atoms with Crippen LogP contribution in [0.4, 0.5) is 5.82 Å². The normalized spacial score (nSPS) is 9.56. The molecule has 18 heavy (non-hydrogen) atoms. The summed E-state index contributed by atoms with van der Waals surface area (Å²) in [5.74, 6) is 0.441. The number of nitrogens with two attached hydrogens (primary N) is 1. The van der Waals surface area contributed by atoms with Crippen molar-refractivity contribution in [2.24, 2.45) is 5.11 Å². The number of aromatic nitrogens is 1. The van der Waals surface area contributed by atoms with E-state index in [0.717, 1.165) is 12.0 Å². The van der Waals surface area contributed by atoms with Gasteiger partial charge in [0, 0.05) is 30.6 Å². The number of rotatable bonds is 7. The number of hydrogen-bond acceptors (Lipinski definition) is 4. The largest absolute Gasteiger partial charge is 0.384 e. The van der Waals surface area contributed by atoms with Gasteiger partial charge in [-0.25, -0.2) is 4.98 Å². The molecule has 0 saturated carbocycles. The lowest BCUT2D eigenvalue weighted by atomic mass is 10.2. The van der Waals surface area contributed by atoms with Crippen LogP contribution in [0.5, 0.6) is 0 Å². The lowest BCUT2D eigenvalue weighted by Crippen LogP contribution is -2.22. The molecule has 1 rings (SSSR count). The van der Waals surface area contributed by atoms with Crippen molar-refractivity contribution >= 4 is 11.7 Å². The summed E-state index contributed by atoms with van der Waals surface area (Å²) < 4.78 is 0. The fourth-order valence-corrected chi connectivity index (χ4v) is 1.34. The third-order valence-corrected chi connectivity index (χ3v) is 2.31. The highest BCUT2D eigenvalue weighted by molar-refractivity contribution is 5.75. The Bertz CT molecular complexity index is 424. The zero-order chi connectivity index (χ0) is 13.2. The summed E-state index contributed by atoms with van der Waals surface area (Å²) in [6, 6.07) is 3.52. The van der Waals surface area contributed by atoms with Crippen LogP contribution in [-0.4, -0.2) is 17.4 Å². The van der Waals surface area contributed by atoms with Gasteiger partial charge in [-0.2, -0.15) is 0 Å². The van der Waals surface area contributed by atoms with Crippen molar-refractivity contribution in [3.05, 3.63) is 34.3 Å². The molecule has 0 spiro atoms. The van der Waals surface area contributed by atoms with Gasteiger partial charge in [0.15, 0.2) is 0 Å². The Morgan fingerprint density at radius 2 is 2.33 bits per heavy atom. The quantitative estimate of drug-likeness (QED) is 0.331. The number of carbonyl (C=O) groups is 1. The van der Waals surface area contributed by atoms with E-state index in [0.29, 0.717) is 31.7 Å². The van der Waals surface area contributed by atoms with Crippen molar-refractivity contribution in [1.82, 2.24) is 10.3 Å². The van der Waals surface area contributed by atoms with Gasteiger partial charge >= 0.3 is 0 Å². The maximum absolute atomic E-state index is 11.5. The van der Waals surface area contributed by atoms with E-state index in [1.807, 2.05) is 6.07 Å². The number of unbranched alkanes of at least 4 members (excludes halogenated alkanes) is 1. The molecule has 0 fully saturated rings. The van der Waals surface area contributed by atoms with E-state index < -0.39 is 0 Å². The second kappa shape index (κ2) is 7.92. The fraction of sp³-hybridized carbons (Fsp3) is 0.455. The second-order valence-electron chi connectivity index (χ2n) is 3.78. The Morgan fingerprint density at radius 1 is 1.50 bits per heavy atom. The molecule has 0 aliphatic heterocycles. The molecule has 0 radical (unpaired) electrons. The number of carbonyl (C=O) groups excluding carboxylic acids is 1. The third-order valence-electron chi connectivity index (χ3n) is 2.31. The van der Waals surface area contributed by atoms with E-state index >= 15 is 0 Å². The molecule has 0 aliphatic rings. The number of amides is 1. The van der Waals surface area contributed by atoms with E-state index in [1.165, 1.54) is 0 Å². The van der Waals surface area contributed by atoms with Crippen molar-refractivity contribution in [2.75, 3.05) is 12.3 Å². The molecule has 0 atom stereocenters. The maximum atomic E-state index is 11.5. The van der Waals surface area contributed by atoms with Crippen LogP contribution in [0.25, 0.3) is 10.4 Å². The molecular formula is C11H16N6O. The number of nitrogens with zero attached hydrogens (tertiary/aromatic N) is 4. The molecule has 0 saturated heterocycles. The fourth-order valence-electron chi connectivity index (χ4n) is 1.34. The first kappa shape index (κ1) is 13.8. The Morgan fingerprint density at radius 3 is 3.00 bits per heavy atom. The van der Waals surface area contributed by atoms with E-state index in [-0.39, 0.29) is 5.91 Å². The smallest absolute Gasteiger partial charge is 0.220 e. The molecule has 7 nitrogen and oxygen atoms in total.